The average Bonchev–Trinajstić information content (AvgIpc) is 3.59. The first-order valence-electron chi connectivity index (χ1n) is 11.4. The van der Waals surface area contributed by atoms with Crippen LogP contribution in [0.3, 0.4) is 0 Å². The van der Waals surface area contributed by atoms with Crippen molar-refractivity contribution in [2.75, 3.05) is 20.2 Å². The topological polar surface area (TPSA) is 120 Å². The van der Waals surface area contributed by atoms with E-state index in [1.807, 2.05) is 30.3 Å². The number of fused-ring (bicyclic) bond motifs is 1. The number of ether oxygens (including phenoxy) is 1. The molecular formula is C24H25F3N4O6. The molecule has 2 aliphatic heterocycles. The lowest BCUT2D eigenvalue weighted by Crippen LogP contribution is -2.43. The van der Waals surface area contributed by atoms with Crippen molar-refractivity contribution in [2.45, 2.75) is 38.7 Å². The van der Waals surface area contributed by atoms with E-state index >= 15 is 0 Å². The van der Waals surface area contributed by atoms with Gasteiger partial charge in [0.2, 0.25) is 0 Å². The van der Waals surface area contributed by atoms with Crippen LogP contribution in [0.1, 0.15) is 23.4 Å². The van der Waals surface area contributed by atoms with E-state index in [-0.39, 0.29) is 12.0 Å². The highest BCUT2D eigenvalue weighted by atomic mass is 19.4. The SMILES string of the molecule is COc1ccc(Cn2nc3n(c(=O)c2=O)CC2(CCN(Cc4ccoc4)C2)C3)cc1.O=C(O)C(F)(F)F. The van der Waals surface area contributed by atoms with E-state index in [9.17, 15) is 22.8 Å². The second-order valence-corrected chi connectivity index (χ2v) is 9.19. The summed E-state index contributed by atoms with van der Waals surface area (Å²) in [4.78, 5) is 36.7. The third-order valence-corrected chi connectivity index (χ3v) is 6.47. The third-order valence-electron chi connectivity index (χ3n) is 6.47. The van der Waals surface area contributed by atoms with Crippen LogP contribution in [0.25, 0.3) is 0 Å². The van der Waals surface area contributed by atoms with Crippen LogP contribution in [0.15, 0.2) is 56.9 Å². The number of methoxy groups -OCH3 is 1. The number of benzene rings is 1. The first kappa shape index (κ1) is 26.2. The van der Waals surface area contributed by atoms with E-state index in [1.54, 1.807) is 24.2 Å². The standard InChI is InChI=1S/C22H24N4O4.C2HF3O2/c1-29-18-4-2-16(3-5-18)12-26-21(28)20(27)25-15-22(10-19(25)23-26)7-8-24(14-22)11-17-6-9-30-13-17;3-2(4,5)1(6)7/h2-6,9,13H,7-8,10-12,14-15H2,1H3;(H,6,7). The molecule has 1 saturated heterocycles. The number of alkyl halides is 3. The minimum atomic E-state index is -5.08. The smallest absolute Gasteiger partial charge is 0.490 e. The van der Waals surface area contributed by atoms with Gasteiger partial charge in [-0.2, -0.15) is 18.3 Å². The van der Waals surface area contributed by atoms with Gasteiger partial charge in [-0.15, -0.1) is 0 Å². The normalized spacial score (nSPS) is 18.9. The lowest BCUT2D eigenvalue weighted by Gasteiger charge is -2.22. The molecule has 1 aromatic carbocycles. The minimum absolute atomic E-state index is 0.0331. The molecule has 4 heterocycles. The predicted molar refractivity (Wildman–Crippen MR) is 123 cm³/mol. The number of aliphatic carboxylic acids is 1. The molecule has 1 N–H and O–H groups in total. The van der Waals surface area contributed by atoms with Crippen molar-refractivity contribution < 1.29 is 32.2 Å². The van der Waals surface area contributed by atoms with Crippen molar-refractivity contribution in [3.8, 4) is 5.75 Å². The Kier molecular flexibility index (Phi) is 7.25. The average molecular weight is 522 g/mol. The van der Waals surface area contributed by atoms with Crippen molar-refractivity contribution in [3.05, 3.63) is 80.5 Å². The van der Waals surface area contributed by atoms with Crippen LogP contribution in [-0.4, -0.2) is 56.7 Å². The Morgan fingerprint density at radius 1 is 1.11 bits per heavy atom. The van der Waals surface area contributed by atoms with E-state index in [0.717, 1.165) is 42.9 Å². The molecule has 0 saturated carbocycles. The number of aromatic nitrogens is 3. The molecular weight excluding hydrogens is 497 g/mol. The van der Waals surface area contributed by atoms with Gasteiger partial charge in [-0.05, 0) is 36.7 Å². The molecule has 3 aromatic rings. The largest absolute Gasteiger partial charge is 0.497 e. The van der Waals surface area contributed by atoms with Crippen LogP contribution in [-0.2, 0) is 30.8 Å². The Morgan fingerprint density at radius 3 is 2.41 bits per heavy atom. The van der Waals surface area contributed by atoms with Gasteiger partial charge in [-0.1, -0.05) is 12.1 Å². The molecule has 1 unspecified atom stereocenters. The molecule has 1 spiro atoms. The van der Waals surface area contributed by atoms with Crippen LogP contribution < -0.4 is 15.9 Å². The molecule has 198 valence electrons. The summed E-state index contributed by atoms with van der Waals surface area (Å²) >= 11 is 0. The fraction of sp³-hybridized carbons (Fsp3) is 0.417. The first-order chi connectivity index (χ1) is 17.5. The van der Waals surface area contributed by atoms with E-state index in [4.69, 9.17) is 19.1 Å². The van der Waals surface area contributed by atoms with E-state index in [2.05, 4.69) is 10.00 Å². The van der Waals surface area contributed by atoms with Crippen LogP contribution >= 0.6 is 0 Å². The first-order valence-corrected chi connectivity index (χ1v) is 11.4. The number of hydrogen-bond acceptors (Lipinski definition) is 7. The van der Waals surface area contributed by atoms with Crippen molar-refractivity contribution in [2.24, 2.45) is 5.41 Å². The van der Waals surface area contributed by atoms with Gasteiger partial charge < -0.3 is 14.3 Å². The monoisotopic (exact) mass is 522 g/mol. The quantitative estimate of drug-likeness (QED) is 0.507. The predicted octanol–water partition coefficient (Wildman–Crippen LogP) is 2.14. The summed E-state index contributed by atoms with van der Waals surface area (Å²) in [7, 11) is 1.61. The zero-order valence-electron chi connectivity index (χ0n) is 19.9. The van der Waals surface area contributed by atoms with Crippen LogP contribution in [0, 0.1) is 5.41 Å². The molecule has 0 bridgehead atoms. The molecule has 1 atom stereocenters. The fourth-order valence-electron chi connectivity index (χ4n) is 4.69. The molecule has 0 amide bonds. The van der Waals surface area contributed by atoms with Gasteiger partial charge in [-0.25, -0.2) is 9.48 Å². The molecule has 10 nitrogen and oxygen atoms in total. The number of hydrogen-bond donors (Lipinski definition) is 1. The second kappa shape index (κ2) is 10.2. The Morgan fingerprint density at radius 2 is 1.81 bits per heavy atom. The highest BCUT2D eigenvalue weighted by Crippen LogP contribution is 2.39. The fourth-order valence-corrected chi connectivity index (χ4v) is 4.69. The summed E-state index contributed by atoms with van der Waals surface area (Å²) < 4.78 is 45.0. The van der Waals surface area contributed by atoms with Crippen LogP contribution in [0.5, 0.6) is 5.75 Å². The number of carboxylic acid groups (broad SMARTS) is 1. The summed E-state index contributed by atoms with van der Waals surface area (Å²) in [6, 6.07) is 9.41. The third kappa shape index (κ3) is 5.93. The van der Waals surface area contributed by atoms with Crippen molar-refractivity contribution >= 4 is 5.97 Å². The van der Waals surface area contributed by atoms with E-state index < -0.39 is 23.3 Å². The van der Waals surface area contributed by atoms with Crippen molar-refractivity contribution in [1.82, 2.24) is 19.2 Å². The highest BCUT2D eigenvalue weighted by molar-refractivity contribution is 5.73. The lowest BCUT2D eigenvalue weighted by molar-refractivity contribution is -0.192. The molecule has 1 fully saturated rings. The van der Waals surface area contributed by atoms with Gasteiger partial charge in [0.1, 0.15) is 11.6 Å². The molecule has 0 aliphatic carbocycles. The zero-order valence-corrected chi connectivity index (χ0v) is 19.9. The summed E-state index contributed by atoms with van der Waals surface area (Å²) in [6.07, 6.45) is 0.0764. The van der Waals surface area contributed by atoms with Gasteiger partial charge >= 0.3 is 23.3 Å². The molecule has 2 aliphatic rings. The van der Waals surface area contributed by atoms with Gasteiger partial charge in [0.15, 0.2) is 0 Å². The summed E-state index contributed by atoms with van der Waals surface area (Å²) in [5.41, 5.74) is 0.972. The molecule has 13 heteroatoms. The Balaban J connectivity index is 0.000000405. The van der Waals surface area contributed by atoms with Gasteiger partial charge in [0.25, 0.3) is 0 Å². The minimum Gasteiger partial charge on any atom is -0.497 e. The van der Waals surface area contributed by atoms with E-state index in [0.29, 0.717) is 18.8 Å². The molecule has 2 aromatic heterocycles. The number of carbonyl (C=O) groups is 1. The maximum atomic E-state index is 12.8. The number of likely N-dealkylation sites (tertiary alicyclic amines) is 1. The van der Waals surface area contributed by atoms with E-state index in [1.165, 1.54) is 4.68 Å². The number of rotatable bonds is 5. The lowest BCUT2D eigenvalue weighted by atomic mass is 9.86. The number of nitrogens with zero attached hydrogens (tertiary/aromatic N) is 4. The maximum Gasteiger partial charge on any atom is 0.490 e. The molecule has 0 radical (unpaired) electrons. The Labute approximate surface area is 208 Å². The van der Waals surface area contributed by atoms with Crippen molar-refractivity contribution in [3.63, 3.8) is 0 Å². The van der Waals surface area contributed by atoms with Gasteiger partial charge in [0, 0.05) is 37.0 Å². The molecule has 37 heavy (non-hydrogen) atoms. The summed E-state index contributed by atoms with van der Waals surface area (Å²) in [5, 5.41) is 11.7. The van der Waals surface area contributed by atoms with Crippen LogP contribution in [0.4, 0.5) is 13.2 Å². The number of carboxylic acids is 1. The highest BCUT2D eigenvalue weighted by Gasteiger charge is 2.44. The summed E-state index contributed by atoms with van der Waals surface area (Å²) in [6.45, 7) is 3.51. The Bertz CT molecular complexity index is 1370. The molecule has 5 rings (SSSR count). The zero-order chi connectivity index (χ0) is 26.8. The number of halogens is 3. The van der Waals surface area contributed by atoms with Gasteiger partial charge in [0.05, 0.1) is 26.2 Å². The van der Waals surface area contributed by atoms with Gasteiger partial charge in [-0.3, -0.25) is 19.1 Å². The van der Waals surface area contributed by atoms with Crippen molar-refractivity contribution in [1.29, 1.82) is 0 Å². The van der Waals surface area contributed by atoms with Crippen LogP contribution in [0.2, 0.25) is 0 Å². The summed E-state index contributed by atoms with van der Waals surface area (Å²) in [5.74, 6) is -1.30. The Hall–Kier alpha value is -3.87. The maximum absolute atomic E-state index is 12.8. The number of furan rings is 1. The second-order valence-electron chi connectivity index (χ2n) is 9.19.